The van der Waals surface area contributed by atoms with E-state index in [0.717, 1.165) is 13.1 Å². The summed E-state index contributed by atoms with van der Waals surface area (Å²) in [4.78, 5) is 17.9. The minimum Gasteiger partial charge on any atom is -0.337 e. The van der Waals surface area contributed by atoms with Gasteiger partial charge in [-0.25, -0.2) is 4.79 Å². The predicted octanol–water partition coefficient (Wildman–Crippen LogP) is -0.948. The average Bonchev–Trinajstić information content (AvgIpc) is 2.92. The monoisotopic (exact) mass is 202 g/mol. The van der Waals surface area contributed by atoms with Gasteiger partial charge < -0.3 is 10.2 Å². The maximum Gasteiger partial charge on any atom is 0.317 e. The van der Waals surface area contributed by atoms with Gasteiger partial charge in [-0.05, 0) is 0 Å². The topological polar surface area (TPSA) is 56.6 Å². The lowest BCUT2D eigenvalue weighted by Gasteiger charge is -2.11. The fourth-order valence-corrected chi connectivity index (χ4v) is 0.870. The molecule has 6 nitrogen and oxygen atoms in total. The molecule has 0 radical (unpaired) electrons. The van der Waals surface area contributed by atoms with Gasteiger partial charge in [0, 0.05) is 40.3 Å². The Bertz CT molecular complexity index is 182. The lowest BCUT2D eigenvalue weighted by molar-refractivity contribution is -0.126. The molecule has 0 aromatic carbocycles. The van der Waals surface area contributed by atoms with E-state index in [0.29, 0.717) is 19.8 Å². The van der Waals surface area contributed by atoms with Crippen LogP contribution in [0.3, 0.4) is 0 Å². The van der Waals surface area contributed by atoms with Crippen LogP contribution in [0.25, 0.3) is 0 Å². The van der Waals surface area contributed by atoms with Gasteiger partial charge in [0.1, 0.15) is 6.73 Å². The number of hydrogen-bond donors (Lipinski definition) is 2. The summed E-state index contributed by atoms with van der Waals surface area (Å²) in [6.07, 6.45) is 0. The van der Waals surface area contributed by atoms with Gasteiger partial charge >= 0.3 is 6.03 Å². The third-order valence-electron chi connectivity index (χ3n) is 1.74. The molecule has 1 rings (SSSR count). The molecule has 1 saturated heterocycles. The molecular formula is C8H18N4O2. The van der Waals surface area contributed by atoms with Gasteiger partial charge in [-0.15, -0.1) is 0 Å². The Morgan fingerprint density at radius 1 is 1.43 bits per heavy atom. The smallest absolute Gasteiger partial charge is 0.317 e. The minimum absolute atomic E-state index is 0.0281. The molecule has 0 aromatic rings. The number of hydrogen-bond acceptors (Lipinski definition) is 4. The van der Waals surface area contributed by atoms with Gasteiger partial charge in [-0.2, -0.15) is 5.06 Å². The second-order valence-corrected chi connectivity index (χ2v) is 3.30. The van der Waals surface area contributed by atoms with Gasteiger partial charge in [-0.1, -0.05) is 0 Å². The van der Waals surface area contributed by atoms with Crippen molar-refractivity contribution in [3.05, 3.63) is 0 Å². The number of nitrogens with zero attached hydrogens (tertiary/aromatic N) is 2. The van der Waals surface area contributed by atoms with Gasteiger partial charge in [0.05, 0.1) is 0 Å². The third kappa shape index (κ3) is 5.00. The zero-order valence-corrected chi connectivity index (χ0v) is 8.75. The number of carbonyl (C=O) groups is 1. The Morgan fingerprint density at radius 3 is 2.71 bits per heavy atom. The number of urea groups is 1. The number of carbonyl (C=O) groups excluding carboxylic acids is 1. The van der Waals surface area contributed by atoms with Crippen molar-refractivity contribution in [1.82, 2.24) is 20.6 Å². The third-order valence-corrected chi connectivity index (χ3v) is 1.74. The first-order valence-corrected chi connectivity index (χ1v) is 4.74. The second-order valence-electron chi connectivity index (χ2n) is 3.30. The number of amides is 2. The van der Waals surface area contributed by atoms with Crippen molar-refractivity contribution >= 4 is 6.03 Å². The van der Waals surface area contributed by atoms with Crippen LogP contribution >= 0.6 is 0 Å². The van der Waals surface area contributed by atoms with Crippen molar-refractivity contribution in [3.63, 3.8) is 0 Å². The summed E-state index contributed by atoms with van der Waals surface area (Å²) >= 11 is 0. The standard InChI is InChI=1S/C8H18N4O2/c1-11(2)14-7-9-3-4-10-8(13)12-5-6-12/h9H,3-7H2,1-2H3,(H,10,13). The van der Waals surface area contributed by atoms with Crippen molar-refractivity contribution in [1.29, 1.82) is 0 Å². The minimum atomic E-state index is 0.0281. The summed E-state index contributed by atoms with van der Waals surface area (Å²) < 4.78 is 0. The predicted molar refractivity (Wildman–Crippen MR) is 52.6 cm³/mol. The average molecular weight is 202 g/mol. The summed E-state index contributed by atoms with van der Waals surface area (Å²) in [5.41, 5.74) is 0. The van der Waals surface area contributed by atoms with E-state index in [-0.39, 0.29) is 6.03 Å². The van der Waals surface area contributed by atoms with Crippen LogP contribution in [0.5, 0.6) is 0 Å². The zero-order chi connectivity index (χ0) is 10.4. The van der Waals surface area contributed by atoms with Crippen LogP contribution in [0.4, 0.5) is 4.79 Å². The first-order chi connectivity index (χ1) is 6.70. The van der Waals surface area contributed by atoms with Crippen LogP contribution < -0.4 is 10.6 Å². The molecule has 0 spiro atoms. The molecule has 1 heterocycles. The molecule has 0 aromatic heterocycles. The van der Waals surface area contributed by atoms with E-state index in [2.05, 4.69) is 10.6 Å². The largest absolute Gasteiger partial charge is 0.337 e. The van der Waals surface area contributed by atoms with Crippen molar-refractivity contribution in [3.8, 4) is 0 Å². The van der Waals surface area contributed by atoms with Crippen LogP contribution in [0.1, 0.15) is 0 Å². The normalized spacial score (nSPS) is 14.6. The lowest BCUT2D eigenvalue weighted by Crippen LogP contribution is -2.36. The van der Waals surface area contributed by atoms with E-state index in [9.17, 15) is 4.79 Å². The molecule has 0 aliphatic carbocycles. The number of nitrogens with one attached hydrogen (secondary N) is 2. The molecule has 82 valence electrons. The maximum absolute atomic E-state index is 11.1. The maximum atomic E-state index is 11.1. The molecule has 6 heteroatoms. The summed E-state index contributed by atoms with van der Waals surface area (Å²) in [5, 5.41) is 7.45. The molecule has 2 amide bonds. The highest BCUT2D eigenvalue weighted by Gasteiger charge is 2.22. The first-order valence-electron chi connectivity index (χ1n) is 4.74. The van der Waals surface area contributed by atoms with E-state index >= 15 is 0 Å². The highest BCUT2D eigenvalue weighted by atomic mass is 16.7. The van der Waals surface area contributed by atoms with Crippen LogP contribution in [-0.4, -0.2) is 63.0 Å². The van der Waals surface area contributed by atoms with Gasteiger partial charge in [-0.3, -0.25) is 10.2 Å². The SMILES string of the molecule is CN(C)OCNCCNC(=O)N1CC1. The van der Waals surface area contributed by atoms with Crippen molar-refractivity contribution in [2.45, 2.75) is 0 Å². The van der Waals surface area contributed by atoms with Crippen molar-refractivity contribution in [2.24, 2.45) is 0 Å². The lowest BCUT2D eigenvalue weighted by atomic mass is 10.6. The van der Waals surface area contributed by atoms with E-state index in [4.69, 9.17) is 4.84 Å². The molecule has 0 atom stereocenters. The second kappa shape index (κ2) is 5.79. The van der Waals surface area contributed by atoms with Gasteiger partial charge in [0.15, 0.2) is 0 Å². The fourth-order valence-electron chi connectivity index (χ4n) is 0.870. The van der Waals surface area contributed by atoms with Crippen molar-refractivity contribution < 1.29 is 9.63 Å². The Balaban J connectivity index is 1.81. The van der Waals surface area contributed by atoms with Crippen LogP contribution in [0.15, 0.2) is 0 Å². The molecule has 1 aliphatic rings. The van der Waals surface area contributed by atoms with Crippen LogP contribution in [0, 0.1) is 0 Å². The van der Waals surface area contributed by atoms with E-state index in [1.165, 1.54) is 0 Å². The fraction of sp³-hybridized carbons (Fsp3) is 0.875. The molecule has 0 bridgehead atoms. The number of rotatable bonds is 6. The van der Waals surface area contributed by atoms with Crippen LogP contribution in [0.2, 0.25) is 0 Å². The molecule has 1 fully saturated rings. The molecule has 0 saturated carbocycles. The van der Waals surface area contributed by atoms with Gasteiger partial charge in [0.25, 0.3) is 0 Å². The Hall–Kier alpha value is -0.850. The van der Waals surface area contributed by atoms with Gasteiger partial charge in [0.2, 0.25) is 0 Å². The Labute approximate surface area is 84.1 Å². The highest BCUT2D eigenvalue weighted by Crippen LogP contribution is 2.01. The summed E-state index contributed by atoms with van der Waals surface area (Å²) in [5.74, 6) is 0. The Morgan fingerprint density at radius 2 is 2.14 bits per heavy atom. The Kier molecular flexibility index (Phi) is 4.64. The summed E-state index contributed by atoms with van der Waals surface area (Å²) in [7, 11) is 3.65. The summed E-state index contributed by atoms with van der Waals surface area (Å²) in [6.45, 7) is 3.60. The highest BCUT2D eigenvalue weighted by molar-refractivity contribution is 5.76. The van der Waals surface area contributed by atoms with Crippen molar-refractivity contribution in [2.75, 3.05) is 47.0 Å². The quantitative estimate of drug-likeness (QED) is 0.252. The molecular weight excluding hydrogens is 184 g/mol. The molecule has 1 aliphatic heterocycles. The summed E-state index contributed by atoms with van der Waals surface area (Å²) in [6, 6.07) is 0.0281. The molecule has 14 heavy (non-hydrogen) atoms. The molecule has 0 unspecified atom stereocenters. The first kappa shape index (κ1) is 11.2. The van der Waals surface area contributed by atoms with E-state index < -0.39 is 0 Å². The van der Waals surface area contributed by atoms with Crippen LogP contribution in [-0.2, 0) is 4.84 Å². The van der Waals surface area contributed by atoms with E-state index in [1.807, 2.05) is 14.1 Å². The van der Waals surface area contributed by atoms with E-state index in [1.54, 1.807) is 9.96 Å². The zero-order valence-electron chi connectivity index (χ0n) is 8.75. The number of hydroxylamine groups is 2. The molecule has 2 N–H and O–H groups in total.